The van der Waals surface area contributed by atoms with Gasteiger partial charge in [0, 0.05) is 18.2 Å². The molecule has 0 aromatic heterocycles. The van der Waals surface area contributed by atoms with Crippen LogP contribution in [0.4, 0.5) is 4.39 Å². The number of aliphatic hydroxyl groups excluding tert-OH is 1. The molecule has 0 unspecified atom stereocenters. The lowest BCUT2D eigenvalue weighted by Gasteiger charge is -2.17. The Morgan fingerprint density at radius 2 is 1.94 bits per heavy atom. The van der Waals surface area contributed by atoms with E-state index in [1.165, 1.54) is 20.3 Å². The molecule has 0 fully saturated rings. The van der Waals surface area contributed by atoms with Crippen molar-refractivity contribution >= 4 is 0 Å². The number of nitrogens with one attached hydrogen (secondary N) is 1. The van der Waals surface area contributed by atoms with E-state index < -0.39 is 11.9 Å². The standard InChI is InChI=1S/C13H20FNO3/c1-8(2)15-7-10(16)9-5-6-11(17-3)13(18-4)12(9)14/h5-6,8,10,15-16H,7H2,1-4H3/t10-/m1/s1. The van der Waals surface area contributed by atoms with E-state index >= 15 is 0 Å². The summed E-state index contributed by atoms with van der Waals surface area (Å²) in [6.45, 7) is 4.19. The normalized spacial score (nSPS) is 12.6. The Bertz CT molecular complexity index is 396. The Morgan fingerprint density at radius 3 is 2.44 bits per heavy atom. The fourth-order valence-corrected chi connectivity index (χ4v) is 1.62. The summed E-state index contributed by atoms with van der Waals surface area (Å²) in [4.78, 5) is 0. The van der Waals surface area contributed by atoms with E-state index in [0.717, 1.165) is 0 Å². The summed E-state index contributed by atoms with van der Waals surface area (Å²) in [7, 11) is 2.80. The predicted octanol–water partition coefficient (Wildman–Crippen LogP) is 1.87. The molecular weight excluding hydrogens is 237 g/mol. The van der Waals surface area contributed by atoms with Crippen LogP contribution < -0.4 is 14.8 Å². The van der Waals surface area contributed by atoms with E-state index in [9.17, 15) is 9.50 Å². The minimum absolute atomic E-state index is 0.0126. The molecule has 0 spiro atoms. The second kappa shape index (κ2) is 6.56. The van der Waals surface area contributed by atoms with Crippen molar-refractivity contribution in [1.29, 1.82) is 0 Å². The Labute approximate surface area is 107 Å². The lowest BCUT2D eigenvalue weighted by Crippen LogP contribution is -2.28. The van der Waals surface area contributed by atoms with Crippen molar-refractivity contribution < 1.29 is 19.0 Å². The highest BCUT2D eigenvalue weighted by atomic mass is 19.1. The minimum atomic E-state index is -0.924. The smallest absolute Gasteiger partial charge is 0.197 e. The topological polar surface area (TPSA) is 50.7 Å². The van der Waals surface area contributed by atoms with Gasteiger partial charge in [-0.25, -0.2) is 4.39 Å². The third-order valence-electron chi connectivity index (χ3n) is 2.59. The zero-order valence-electron chi connectivity index (χ0n) is 11.2. The molecule has 1 aromatic carbocycles. The Morgan fingerprint density at radius 1 is 1.28 bits per heavy atom. The molecule has 2 N–H and O–H groups in total. The maximum Gasteiger partial charge on any atom is 0.197 e. The number of halogens is 1. The maximum atomic E-state index is 14.1. The van der Waals surface area contributed by atoms with E-state index in [-0.39, 0.29) is 23.9 Å². The van der Waals surface area contributed by atoms with E-state index in [4.69, 9.17) is 9.47 Å². The minimum Gasteiger partial charge on any atom is -0.493 e. The number of rotatable bonds is 6. The van der Waals surface area contributed by atoms with Crippen LogP contribution in [0.2, 0.25) is 0 Å². The van der Waals surface area contributed by atoms with Crippen LogP contribution in [0.15, 0.2) is 12.1 Å². The molecule has 0 radical (unpaired) electrons. The van der Waals surface area contributed by atoms with Crippen LogP contribution >= 0.6 is 0 Å². The summed E-state index contributed by atoms with van der Waals surface area (Å²) in [5.74, 6) is -0.267. The molecule has 5 heteroatoms. The van der Waals surface area contributed by atoms with Crippen molar-refractivity contribution in [2.45, 2.75) is 26.0 Å². The third kappa shape index (κ3) is 3.34. The average Bonchev–Trinajstić information content (AvgIpc) is 2.35. The lowest BCUT2D eigenvalue weighted by atomic mass is 10.1. The van der Waals surface area contributed by atoms with Gasteiger partial charge in [0.15, 0.2) is 17.3 Å². The molecule has 4 nitrogen and oxygen atoms in total. The highest BCUT2D eigenvalue weighted by Gasteiger charge is 2.19. The van der Waals surface area contributed by atoms with Gasteiger partial charge in [0.25, 0.3) is 0 Å². The molecule has 0 amide bonds. The Hall–Kier alpha value is -1.33. The average molecular weight is 257 g/mol. The molecule has 102 valence electrons. The molecule has 1 aromatic rings. The molecule has 0 aliphatic rings. The van der Waals surface area contributed by atoms with Crippen molar-refractivity contribution in [3.8, 4) is 11.5 Å². The second-order valence-corrected chi connectivity index (χ2v) is 4.28. The summed E-state index contributed by atoms with van der Waals surface area (Å²) < 4.78 is 24.0. The van der Waals surface area contributed by atoms with Crippen LogP contribution in [-0.2, 0) is 0 Å². The molecule has 1 rings (SSSR count). The summed E-state index contributed by atoms with van der Waals surface area (Å²) in [5.41, 5.74) is 0.195. The van der Waals surface area contributed by atoms with Gasteiger partial charge in [0.05, 0.1) is 20.3 Å². The maximum absolute atomic E-state index is 14.1. The molecule has 1 atom stereocenters. The first-order chi connectivity index (χ1) is 8.51. The van der Waals surface area contributed by atoms with Crippen LogP contribution in [-0.4, -0.2) is 31.9 Å². The van der Waals surface area contributed by atoms with Crippen LogP contribution in [0.25, 0.3) is 0 Å². The summed E-state index contributed by atoms with van der Waals surface area (Å²) in [6.07, 6.45) is -0.924. The highest BCUT2D eigenvalue weighted by molar-refractivity contribution is 5.45. The fourth-order valence-electron chi connectivity index (χ4n) is 1.62. The van der Waals surface area contributed by atoms with Crippen molar-refractivity contribution in [1.82, 2.24) is 5.32 Å². The van der Waals surface area contributed by atoms with Gasteiger partial charge in [-0.15, -0.1) is 0 Å². The molecule has 18 heavy (non-hydrogen) atoms. The van der Waals surface area contributed by atoms with E-state index in [1.807, 2.05) is 13.8 Å². The quantitative estimate of drug-likeness (QED) is 0.817. The van der Waals surface area contributed by atoms with Crippen molar-refractivity contribution in [2.24, 2.45) is 0 Å². The van der Waals surface area contributed by atoms with Crippen LogP contribution in [0, 0.1) is 5.82 Å². The predicted molar refractivity (Wildman–Crippen MR) is 67.6 cm³/mol. The van der Waals surface area contributed by atoms with Crippen molar-refractivity contribution in [3.63, 3.8) is 0 Å². The molecule has 0 saturated heterocycles. The fraction of sp³-hybridized carbons (Fsp3) is 0.538. The number of hydrogen-bond acceptors (Lipinski definition) is 4. The van der Waals surface area contributed by atoms with Gasteiger partial charge < -0.3 is 19.9 Å². The second-order valence-electron chi connectivity index (χ2n) is 4.28. The summed E-state index contributed by atoms with van der Waals surface area (Å²) in [5, 5.41) is 13.0. The lowest BCUT2D eigenvalue weighted by molar-refractivity contribution is 0.165. The number of aliphatic hydroxyl groups is 1. The van der Waals surface area contributed by atoms with E-state index in [0.29, 0.717) is 5.75 Å². The number of methoxy groups -OCH3 is 2. The highest BCUT2D eigenvalue weighted by Crippen LogP contribution is 2.34. The monoisotopic (exact) mass is 257 g/mol. The number of benzene rings is 1. The summed E-state index contributed by atoms with van der Waals surface area (Å²) >= 11 is 0. The van der Waals surface area contributed by atoms with Gasteiger partial charge >= 0.3 is 0 Å². The Kier molecular flexibility index (Phi) is 5.37. The molecule has 0 heterocycles. The largest absolute Gasteiger partial charge is 0.493 e. The van der Waals surface area contributed by atoms with Gasteiger partial charge in [-0.1, -0.05) is 13.8 Å². The molecule has 0 bridgehead atoms. The van der Waals surface area contributed by atoms with Crippen LogP contribution in [0.5, 0.6) is 11.5 Å². The first-order valence-electron chi connectivity index (χ1n) is 5.83. The molecule has 0 saturated carbocycles. The van der Waals surface area contributed by atoms with Crippen molar-refractivity contribution in [2.75, 3.05) is 20.8 Å². The number of ether oxygens (including phenoxy) is 2. The first kappa shape index (κ1) is 14.7. The van der Waals surface area contributed by atoms with Crippen LogP contribution in [0.3, 0.4) is 0 Å². The van der Waals surface area contributed by atoms with E-state index in [2.05, 4.69) is 5.32 Å². The zero-order valence-corrected chi connectivity index (χ0v) is 11.2. The third-order valence-corrected chi connectivity index (χ3v) is 2.59. The molecule has 0 aliphatic heterocycles. The van der Waals surface area contributed by atoms with Gasteiger partial charge in [0.2, 0.25) is 0 Å². The van der Waals surface area contributed by atoms with Crippen LogP contribution in [0.1, 0.15) is 25.5 Å². The van der Waals surface area contributed by atoms with Gasteiger partial charge in [0.1, 0.15) is 0 Å². The van der Waals surface area contributed by atoms with Crippen molar-refractivity contribution in [3.05, 3.63) is 23.5 Å². The summed E-state index contributed by atoms with van der Waals surface area (Å²) in [6, 6.07) is 3.31. The molecule has 0 aliphatic carbocycles. The SMILES string of the molecule is COc1ccc([C@H](O)CNC(C)C)c(F)c1OC. The molecular formula is C13H20FNO3. The van der Waals surface area contributed by atoms with Gasteiger partial charge in [-0.2, -0.15) is 0 Å². The van der Waals surface area contributed by atoms with E-state index in [1.54, 1.807) is 6.07 Å². The number of hydrogen-bond donors (Lipinski definition) is 2. The first-order valence-corrected chi connectivity index (χ1v) is 5.83. The van der Waals surface area contributed by atoms with Gasteiger partial charge in [-0.05, 0) is 12.1 Å². The van der Waals surface area contributed by atoms with Gasteiger partial charge in [-0.3, -0.25) is 0 Å². The Balaban J connectivity index is 2.96. The zero-order chi connectivity index (χ0) is 13.7.